The smallest absolute Gasteiger partial charge is 0.261 e. The van der Waals surface area contributed by atoms with E-state index in [2.05, 4.69) is 23.6 Å². The van der Waals surface area contributed by atoms with E-state index < -0.39 is 10.0 Å². The first-order chi connectivity index (χ1) is 12.3. The molecule has 2 aliphatic heterocycles. The Labute approximate surface area is 152 Å². The van der Waals surface area contributed by atoms with Gasteiger partial charge in [0.25, 0.3) is 10.0 Å². The van der Waals surface area contributed by atoms with Crippen molar-refractivity contribution in [2.45, 2.75) is 18.7 Å². The lowest BCUT2D eigenvalue weighted by Gasteiger charge is -2.34. The Kier molecular flexibility index (Phi) is 3.66. The average Bonchev–Trinajstić information content (AvgIpc) is 2.86. The lowest BCUT2D eigenvalue weighted by atomic mass is 9.91. The number of Topliss-reactive ketones (excluding diaryl/α,β-unsaturated/α-hetero) is 1. The molecular weight excluding hydrogens is 350 g/mol. The van der Waals surface area contributed by atoms with Crippen LogP contribution in [-0.2, 0) is 10.0 Å². The summed E-state index contributed by atoms with van der Waals surface area (Å²) < 4.78 is 27.5. The quantitative estimate of drug-likeness (QED) is 0.902. The van der Waals surface area contributed by atoms with Crippen molar-refractivity contribution in [2.75, 3.05) is 22.7 Å². The zero-order chi connectivity index (χ0) is 18.5. The monoisotopic (exact) mass is 369 g/mol. The summed E-state index contributed by atoms with van der Waals surface area (Å²) in [6.07, 6.45) is 0. The van der Waals surface area contributed by atoms with Crippen molar-refractivity contribution in [3.63, 3.8) is 0 Å². The van der Waals surface area contributed by atoms with E-state index in [-0.39, 0.29) is 16.1 Å². The predicted molar refractivity (Wildman–Crippen MR) is 101 cm³/mol. The number of nitrogens with zero attached hydrogens (tertiary/aromatic N) is 2. The number of hydrogen-bond donors (Lipinski definition) is 1. The Balaban J connectivity index is 1.68. The largest absolute Gasteiger partial charge is 0.322 e. The average molecular weight is 369 g/mol. The molecule has 0 spiro atoms. The number of rotatable bonds is 3. The van der Waals surface area contributed by atoms with Gasteiger partial charge in [-0.2, -0.15) is 0 Å². The molecule has 0 unspecified atom stereocenters. The van der Waals surface area contributed by atoms with Gasteiger partial charge in [0.05, 0.1) is 16.1 Å². The lowest BCUT2D eigenvalue weighted by molar-refractivity contribution is 0.106. The first-order valence-corrected chi connectivity index (χ1v) is 9.84. The molecule has 0 radical (unpaired) electrons. The molecule has 0 amide bonds. The van der Waals surface area contributed by atoms with Gasteiger partial charge in [0.2, 0.25) is 5.78 Å². The zero-order valence-electron chi connectivity index (χ0n) is 14.6. The van der Waals surface area contributed by atoms with Gasteiger partial charge < -0.3 is 4.90 Å². The number of carbonyl (C=O) groups is 1. The minimum atomic E-state index is -3.70. The summed E-state index contributed by atoms with van der Waals surface area (Å²) in [5.41, 5.74) is 1.61. The van der Waals surface area contributed by atoms with Gasteiger partial charge in [0.15, 0.2) is 5.84 Å². The highest BCUT2D eigenvalue weighted by molar-refractivity contribution is 7.92. The number of benzene rings is 2. The third kappa shape index (κ3) is 2.78. The maximum Gasteiger partial charge on any atom is 0.261 e. The van der Waals surface area contributed by atoms with E-state index in [0.717, 1.165) is 5.69 Å². The number of amidine groups is 1. The maximum atomic E-state index is 12.7. The van der Waals surface area contributed by atoms with Crippen LogP contribution in [0.1, 0.15) is 24.2 Å². The summed E-state index contributed by atoms with van der Waals surface area (Å²) in [6.45, 7) is 5.53. The number of sulfonamides is 1. The summed E-state index contributed by atoms with van der Waals surface area (Å²) in [5.74, 6) is 0.290. The van der Waals surface area contributed by atoms with Gasteiger partial charge >= 0.3 is 0 Å². The minimum Gasteiger partial charge on any atom is -0.322 e. The third-order valence-electron chi connectivity index (χ3n) is 4.54. The van der Waals surface area contributed by atoms with E-state index >= 15 is 0 Å². The normalized spacial score (nSPS) is 18.2. The van der Waals surface area contributed by atoms with Crippen LogP contribution in [0.25, 0.3) is 0 Å². The van der Waals surface area contributed by atoms with E-state index in [4.69, 9.17) is 0 Å². The first kappa shape index (κ1) is 16.8. The standard InChI is InChI=1S/C19H19N3O3S/c1-19(2)11-20-18-17(23)15-10-13(8-9-16(15)22(18)12-19)21-26(24,25)14-6-4-3-5-7-14/h3-10,21H,11-12H2,1-2H3. The molecule has 0 aliphatic carbocycles. The number of ketones is 1. The molecule has 0 saturated heterocycles. The molecule has 2 aromatic carbocycles. The summed E-state index contributed by atoms with van der Waals surface area (Å²) >= 11 is 0. The first-order valence-electron chi connectivity index (χ1n) is 8.35. The van der Waals surface area contributed by atoms with Crippen molar-refractivity contribution in [1.29, 1.82) is 0 Å². The molecule has 7 heteroatoms. The van der Waals surface area contributed by atoms with E-state index in [1.54, 1.807) is 36.4 Å². The van der Waals surface area contributed by atoms with Crippen LogP contribution in [0.5, 0.6) is 0 Å². The molecule has 0 fully saturated rings. The molecule has 0 atom stereocenters. The Morgan fingerprint density at radius 1 is 1.12 bits per heavy atom. The molecule has 2 heterocycles. The number of anilines is 2. The fraction of sp³-hybridized carbons (Fsp3) is 0.263. The van der Waals surface area contributed by atoms with Crippen molar-refractivity contribution in [3.8, 4) is 0 Å². The molecule has 0 bridgehead atoms. The molecule has 0 aromatic heterocycles. The Morgan fingerprint density at radius 2 is 1.85 bits per heavy atom. The molecule has 0 saturated carbocycles. The molecule has 134 valence electrons. The highest BCUT2D eigenvalue weighted by Gasteiger charge is 2.40. The minimum absolute atomic E-state index is 0.0149. The number of carbonyl (C=O) groups excluding carboxylic acids is 1. The van der Waals surface area contributed by atoms with Gasteiger partial charge in [-0.3, -0.25) is 14.5 Å². The van der Waals surface area contributed by atoms with Crippen LogP contribution in [0, 0.1) is 5.41 Å². The van der Waals surface area contributed by atoms with E-state index in [1.807, 2.05) is 4.90 Å². The number of hydrogen-bond acceptors (Lipinski definition) is 5. The van der Waals surface area contributed by atoms with Crippen LogP contribution in [0.3, 0.4) is 0 Å². The van der Waals surface area contributed by atoms with Crippen molar-refractivity contribution >= 4 is 33.0 Å². The van der Waals surface area contributed by atoms with Crippen LogP contribution < -0.4 is 9.62 Å². The summed E-state index contributed by atoms with van der Waals surface area (Å²) in [6, 6.07) is 13.2. The third-order valence-corrected chi connectivity index (χ3v) is 5.94. The number of nitrogens with one attached hydrogen (secondary N) is 1. The second-order valence-corrected chi connectivity index (χ2v) is 9.05. The number of fused-ring (bicyclic) bond motifs is 3. The van der Waals surface area contributed by atoms with Crippen LogP contribution in [0.15, 0.2) is 58.4 Å². The van der Waals surface area contributed by atoms with Crippen molar-refractivity contribution in [3.05, 3.63) is 54.1 Å². The van der Waals surface area contributed by atoms with E-state index in [0.29, 0.717) is 30.2 Å². The van der Waals surface area contributed by atoms with Crippen LogP contribution in [0.4, 0.5) is 11.4 Å². The predicted octanol–water partition coefficient (Wildman–Crippen LogP) is 2.93. The maximum absolute atomic E-state index is 12.7. The molecule has 1 N–H and O–H groups in total. The highest BCUT2D eigenvalue weighted by atomic mass is 32.2. The molecule has 6 nitrogen and oxygen atoms in total. The summed E-state index contributed by atoms with van der Waals surface area (Å²) in [5, 5.41) is 0. The highest BCUT2D eigenvalue weighted by Crippen LogP contribution is 2.37. The molecule has 2 aromatic rings. The Hall–Kier alpha value is -2.67. The van der Waals surface area contributed by atoms with Gasteiger partial charge in [-0.15, -0.1) is 0 Å². The second kappa shape index (κ2) is 5.67. The van der Waals surface area contributed by atoms with Crippen LogP contribution >= 0.6 is 0 Å². The van der Waals surface area contributed by atoms with Crippen LogP contribution in [-0.4, -0.2) is 33.1 Å². The molecule has 4 rings (SSSR count). The lowest BCUT2D eigenvalue weighted by Crippen LogP contribution is -2.44. The Morgan fingerprint density at radius 3 is 2.58 bits per heavy atom. The molecule has 2 aliphatic rings. The van der Waals surface area contributed by atoms with Gasteiger partial charge in [0, 0.05) is 24.2 Å². The fourth-order valence-electron chi connectivity index (χ4n) is 3.27. The van der Waals surface area contributed by atoms with E-state index in [9.17, 15) is 13.2 Å². The Bertz CT molecular complexity index is 1030. The van der Waals surface area contributed by atoms with Crippen molar-refractivity contribution in [2.24, 2.45) is 10.4 Å². The van der Waals surface area contributed by atoms with Gasteiger partial charge in [-0.1, -0.05) is 32.0 Å². The van der Waals surface area contributed by atoms with Crippen molar-refractivity contribution in [1.82, 2.24) is 0 Å². The fourth-order valence-corrected chi connectivity index (χ4v) is 4.34. The van der Waals surface area contributed by atoms with Crippen molar-refractivity contribution < 1.29 is 13.2 Å². The number of aliphatic imine (C=N–C) groups is 1. The second-order valence-electron chi connectivity index (χ2n) is 7.37. The SMILES string of the molecule is CC1(C)CN=C2C(=O)c3cc(NS(=O)(=O)c4ccccc4)ccc3N2C1. The van der Waals surface area contributed by atoms with E-state index in [1.165, 1.54) is 12.1 Å². The van der Waals surface area contributed by atoms with Gasteiger partial charge in [0.1, 0.15) is 0 Å². The van der Waals surface area contributed by atoms with Gasteiger partial charge in [-0.05, 0) is 30.3 Å². The van der Waals surface area contributed by atoms with Crippen LogP contribution in [0.2, 0.25) is 0 Å². The topological polar surface area (TPSA) is 78.8 Å². The van der Waals surface area contributed by atoms with Gasteiger partial charge in [-0.25, -0.2) is 8.42 Å². The molecular formula is C19H19N3O3S. The summed E-state index contributed by atoms with van der Waals surface area (Å²) in [7, 11) is -3.70. The zero-order valence-corrected chi connectivity index (χ0v) is 15.4. The molecule has 26 heavy (non-hydrogen) atoms. The summed E-state index contributed by atoms with van der Waals surface area (Å²) in [4.78, 5) is 19.2.